The molecule has 1 aliphatic rings. The molecule has 0 spiro atoms. The number of benzene rings is 2. The average molecular weight is 330 g/mol. The Morgan fingerprint density at radius 3 is 2.79 bits per heavy atom. The third-order valence-corrected chi connectivity index (χ3v) is 4.51. The number of non-ortho nitro benzene ring substituents is 1. The minimum Gasteiger partial charge on any atom is -0.387 e. The smallest absolute Gasteiger partial charge is 0.269 e. The fourth-order valence-corrected chi connectivity index (χ4v) is 3.23. The van der Waals surface area contributed by atoms with Crippen LogP contribution in [0.2, 0.25) is 0 Å². The third-order valence-electron chi connectivity index (χ3n) is 4.51. The van der Waals surface area contributed by atoms with Gasteiger partial charge < -0.3 is 5.11 Å². The highest BCUT2D eigenvalue weighted by atomic mass is 19.1. The van der Waals surface area contributed by atoms with E-state index in [4.69, 9.17) is 0 Å². The molecule has 0 fully saturated rings. The molecule has 24 heavy (non-hydrogen) atoms. The van der Waals surface area contributed by atoms with E-state index >= 15 is 0 Å². The van der Waals surface area contributed by atoms with Gasteiger partial charge in [0.05, 0.1) is 11.0 Å². The molecule has 5 nitrogen and oxygen atoms in total. The average Bonchev–Trinajstić information content (AvgIpc) is 2.53. The minimum atomic E-state index is -0.717. The fraction of sp³-hybridized carbons (Fsp3) is 0.333. The second-order valence-electron chi connectivity index (χ2n) is 6.21. The van der Waals surface area contributed by atoms with Gasteiger partial charge in [-0.1, -0.05) is 12.1 Å². The number of aliphatic hydroxyl groups is 1. The quantitative estimate of drug-likeness (QED) is 0.691. The molecule has 0 amide bonds. The largest absolute Gasteiger partial charge is 0.387 e. The van der Waals surface area contributed by atoms with E-state index in [1.807, 2.05) is 6.07 Å². The summed E-state index contributed by atoms with van der Waals surface area (Å²) in [7, 11) is 0. The monoisotopic (exact) mass is 330 g/mol. The van der Waals surface area contributed by atoms with Crippen LogP contribution in [0.15, 0.2) is 36.4 Å². The van der Waals surface area contributed by atoms with E-state index in [1.165, 1.54) is 18.2 Å². The number of nitro groups is 1. The standard InChI is InChI=1S/C18H19FN2O3/c1-12-8-15(19)3-5-17(12)18(22)11-20-7-6-13-2-4-16(21(23)24)9-14(13)10-20/h2-5,8-9,18,22H,6-7,10-11H2,1H3. The molecule has 126 valence electrons. The van der Waals surface area contributed by atoms with Crippen molar-refractivity contribution in [2.75, 3.05) is 13.1 Å². The van der Waals surface area contributed by atoms with Crippen molar-refractivity contribution in [3.05, 3.63) is 74.6 Å². The summed E-state index contributed by atoms with van der Waals surface area (Å²) >= 11 is 0. The van der Waals surface area contributed by atoms with Gasteiger partial charge in [-0.3, -0.25) is 15.0 Å². The molecule has 1 N–H and O–H groups in total. The van der Waals surface area contributed by atoms with Crippen LogP contribution in [0.1, 0.15) is 28.4 Å². The number of nitrogens with zero attached hydrogens (tertiary/aromatic N) is 2. The lowest BCUT2D eigenvalue weighted by molar-refractivity contribution is -0.385. The maximum Gasteiger partial charge on any atom is 0.269 e. The summed E-state index contributed by atoms with van der Waals surface area (Å²) in [4.78, 5) is 12.6. The van der Waals surface area contributed by atoms with Crippen LogP contribution < -0.4 is 0 Å². The maximum absolute atomic E-state index is 13.2. The van der Waals surface area contributed by atoms with Crippen molar-refractivity contribution in [1.29, 1.82) is 0 Å². The van der Waals surface area contributed by atoms with Gasteiger partial charge in [-0.25, -0.2) is 4.39 Å². The lowest BCUT2D eigenvalue weighted by Gasteiger charge is -2.30. The van der Waals surface area contributed by atoms with Gasteiger partial charge in [-0.05, 0) is 47.7 Å². The maximum atomic E-state index is 13.2. The highest BCUT2D eigenvalue weighted by Crippen LogP contribution is 2.26. The van der Waals surface area contributed by atoms with Crippen LogP contribution in [0, 0.1) is 22.9 Å². The van der Waals surface area contributed by atoms with Crippen LogP contribution in [0.5, 0.6) is 0 Å². The number of hydrogen-bond donors (Lipinski definition) is 1. The predicted molar refractivity (Wildman–Crippen MR) is 88.2 cm³/mol. The second-order valence-corrected chi connectivity index (χ2v) is 6.21. The molecule has 6 heteroatoms. The number of rotatable bonds is 4. The minimum absolute atomic E-state index is 0.0885. The summed E-state index contributed by atoms with van der Waals surface area (Å²) in [6, 6.07) is 9.32. The van der Waals surface area contributed by atoms with Gasteiger partial charge in [-0.15, -0.1) is 0 Å². The summed E-state index contributed by atoms with van der Waals surface area (Å²) in [5.41, 5.74) is 3.56. The Hall–Kier alpha value is -2.31. The fourth-order valence-electron chi connectivity index (χ4n) is 3.23. The van der Waals surface area contributed by atoms with Gasteiger partial charge in [0.25, 0.3) is 5.69 Å². The van der Waals surface area contributed by atoms with Crippen molar-refractivity contribution in [2.24, 2.45) is 0 Å². The Morgan fingerprint density at radius 1 is 1.29 bits per heavy atom. The highest BCUT2D eigenvalue weighted by molar-refractivity contribution is 5.41. The van der Waals surface area contributed by atoms with Crippen molar-refractivity contribution in [3.63, 3.8) is 0 Å². The van der Waals surface area contributed by atoms with Gasteiger partial charge in [-0.2, -0.15) is 0 Å². The Bertz CT molecular complexity index is 779. The SMILES string of the molecule is Cc1cc(F)ccc1C(O)CN1CCc2ccc([N+](=O)[O-])cc2C1. The molecule has 0 saturated heterocycles. The Kier molecular flexibility index (Phi) is 4.59. The predicted octanol–water partition coefficient (Wildman–Crippen LogP) is 3.13. The van der Waals surface area contributed by atoms with E-state index in [-0.39, 0.29) is 11.5 Å². The number of fused-ring (bicyclic) bond motifs is 1. The van der Waals surface area contributed by atoms with Crippen LogP contribution in [0.3, 0.4) is 0 Å². The van der Waals surface area contributed by atoms with Crippen LogP contribution in [0.25, 0.3) is 0 Å². The van der Waals surface area contributed by atoms with Crippen LogP contribution in [0.4, 0.5) is 10.1 Å². The van der Waals surface area contributed by atoms with E-state index in [9.17, 15) is 19.6 Å². The van der Waals surface area contributed by atoms with E-state index in [0.29, 0.717) is 18.7 Å². The zero-order valence-electron chi connectivity index (χ0n) is 13.4. The highest BCUT2D eigenvalue weighted by Gasteiger charge is 2.22. The Morgan fingerprint density at radius 2 is 2.08 bits per heavy atom. The van der Waals surface area contributed by atoms with Crippen LogP contribution in [-0.2, 0) is 13.0 Å². The van der Waals surface area contributed by atoms with E-state index in [2.05, 4.69) is 4.90 Å². The number of aliphatic hydroxyl groups excluding tert-OH is 1. The molecular formula is C18H19FN2O3. The summed E-state index contributed by atoms with van der Waals surface area (Å²) in [5.74, 6) is -0.317. The number of aryl methyl sites for hydroxylation is 1. The third kappa shape index (κ3) is 3.44. The Labute approximate surface area is 139 Å². The van der Waals surface area contributed by atoms with Gasteiger partial charge >= 0.3 is 0 Å². The molecule has 1 atom stereocenters. The molecule has 1 unspecified atom stereocenters. The van der Waals surface area contributed by atoms with Crippen molar-refractivity contribution < 1.29 is 14.4 Å². The zero-order valence-corrected chi connectivity index (χ0v) is 13.4. The molecule has 2 aromatic carbocycles. The van der Waals surface area contributed by atoms with E-state index < -0.39 is 11.0 Å². The lowest BCUT2D eigenvalue weighted by atomic mass is 9.97. The molecule has 0 aliphatic carbocycles. The summed E-state index contributed by atoms with van der Waals surface area (Å²) in [6.45, 7) is 3.53. The molecule has 0 aromatic heterocycles. The normalized spacial score (nSPS) is 15.8. The van der Waals surface area contributed by atoms with Gasteiger partial charge in [0.1, 0.15) is 5.82 Å². The number of β-amino-alcohol motifs (C(OH)–C–C–N with tert-alkyl or cyclic N) is 1. The molecule has 3 rings (SSSR count). The number of nitro benzene ring substituents is 1. The molecule has 1 aliphatic heterocycles. The summed E-state index contributed by atoms with van der Waals surface area (Å²) < 4.78 is 13.2. The van der Waals surface area contributed by atoms with E-state index in [1.54, 1.807) is 19.1 Å². The van der Waals surface area contributed by atoms with Gasteiger partial charge in [0.15, 0.2) is 0 Å². The first-order valence-electron chi connectivity index (χ1n) is 7.86. The first-order valence-corrected chi connectivity index (χ1v) is 7.86. The van der Waals surface area contributed by atoms with E-state index in [0.717, 1.165) is 29.7 Å². The van der Waals surface area contributed by atoms with Crippen molar-refractivity contribution in [2.45, 2.75) is 26.0 Å². The lowest BCUT2D eigenvalue weighted by Crippen LogP contribution is -2.34. The van der Waals surface area contributed by atoms with Crippen LogP contribution >= 0.6 is 0 Å². The summed E-state index contributed by atoms with van der Waals surface area (Å²) in [6.07, 6.45) is 0.0773. The van der Waals surface area contributed by atoms with Crippen molar-refractivity contribution >= 4 is 5.69 Å². The number of hydrogen-bond acceptors (Lipinski definition) is 4. The first-order chi connectivity index (χ1) is 11.4. The van der Waals surface area contributed by atoms with Gasteiger partial charge in [0.2, 0.25) is 0 Å². The van der Waals surface area contributed by atoms with Gasteiger partial charge in [0, 0.05) is 31.8 Å². The molecule has 1 heterocycles. The van der Waals surface area contributed by atoms with Crippen molar-refractivity contribution in [1.82, 2.24) is 4.90 Å². The molecular weight excluding hydrogens is 311 g/mol. The zero-order chi connectivity index (χ0) is 17.3. The molecule has 0 radical (unpaired) electrons. The van der Waals surface area contributed by atoms with Crippen molar-refractivity contribution in [3.8, 4) is 0 Å². The molecule has 2 aromatic rings. The van der Waals surface area contributed by atoms with Crippen LogP contribution in [-0.4, -0.2) is 28.0 Å². The molecule has 0 saturated carbocycles. The number of halogens is 1. The summed E-state index contributed by atoms with van der Waals surface area (Å²) in [5, 5.41) is 21.4. The second kappa shape index (κ2) is 6.67. The Balaban J connectivity index is 1.73. The molecule has 0 bridgehead atoms. The topological polar surface area (TPSA) is 66.6 Å². The first kappa shape index (κ1) is 16.5.